The molecule has 0 heterocycles. The Labute approximate surface area is 186 Å². The molecule has 0 aromatic heterocycles. The molecule has 0 bridgehead atoms. The average molecular weight is 467 g/mol. The first kappa shape index (κ1) is 28.2. The first-order valence-electron chi connectivity index (χ1n) is 9.84. The zero-order valence-corrected chi connectivity index (χ0v) is 19.2. The zero-order valence-electron chi connectivity index (χ0n) is 17.6. The lowest BCUT2D eigenvalue weighted by Gasteiger charge is -2.15. The van der Waals surface area contributed by atoms with E-state index in [-0.39, 0.29) is 0 Å². The normalized spacial score (nSPS) is 12.5. The smallest absolute Gasteiger partial charge is 0.326 e. The highest BCUT2D eigenvalue weighted by molar-refractivity contribution is 7.98. The molecule has 0 rings (SSSR count). The van der Waals surface area contributed by atoms with E-state index in [0.717, 1.165) is 25.7 Å². The van der Waals surface area contributed by atoms with Crippen molar-refractivity contribution in [1.82, 2.24) is 21.3 Å². The van der Waals surface area contributed by atoms with Crippen LogP contribution in [0.15, 0.2) is 0 Å². The van der Waals surface area contributed by atoms with Gasteiger partial charge in [0.15, 0.2) is 0 Å². The molecule has 0 radical (unpaired) electrons. The number of aliphatic carboxylic acids is 2. The largest absolute Gasteiger partial charge is 0.480 e. The molecule has 0 aromatic carbocycles. The number of urea groups is 2. The molecule has 0 aliphatic heterocycles. The van der Waals surface area contributed by atoms with Crippen LogP contribution in [0, 0.1) is 0 Å². The fourth-order valence-corrected chi connectivity index (χ4v) is 3.35. The van der Waals surface area contributed by atoms with Gasteiger partial charge >= 0.3 is 24.0 Å². The predicted molar refractivity (Wildman–Crippen MR) is 120 cm³/mol. The second-order valence-corrected chi connectivity index (χ2v) is 8.53. The number of hydrogen-bond acceptors (Lipinski definition) is 6. The molecule has 174 valence electrons. The molecule has 0 fully saturated rings. The van der Waals surface area contributed by atoms with Gasteiger partial charge in [0.25, 0.3) is 0 Å². The minimum absolute atomic E-state index is 0.370. The molecule has 2 atom stereocenters. The highest BCUT2D eigenvalue weighted by Crippen LogP contribution is 2.02. The summed E-state index contributed by atoms with van der Waals surface area (Å²) in [5, 5.41) is 28.3. The second kappa shape index (κ2) is 18.0. The fraction of sp³-hybridized carbons (Fsp3) is 0.778. The van der Waals surface area contributed by atoms with Crippen LogP contribution >= 0.6 is 23.5 Å². The van der Waals surface area contributed by atoms with Gasteiger partial charge < -0.3 is 31.5 Å². The van der Waals surface area contributed by atoms with E-state index in [0.29, 0.717) is 37.4 Å². The van der Waals surface area contributed by atoms with Gasteiger partial charge in [-0.3, -0.25) is 0 Å². The molecule has 0 aliphatic rings. The van der Waals surface area contributed by atoms with Gasteiger partial charge in [0, 0.05) is 13.1 Å². The summed E-state index contributed by atoms with van der Waals surface area (Å²) in [5.74, 6) is -0.791. The highest BCUT2D eigenvalue weighted by atomic mass is 32.2. The Morgan fingerprint density at radius 3 is 1.37 bits per heavy atom. The maximum absolute atomic E-state index is 11.7. The minimum atomic E-state index is -1.05. The number of rotatable bonds is 17. The number of hydrogen-bond donors (Lipinski definition) is 6. The van der Waals surface area contributed by atoms with Crippen molar-refractivity contribution in [1.29, 1.82) is 0 Å². The number of carboxylic acids is 2. The molecular formula is C18H34N4O6S2. The van der Waals surface area contributed by atoms with Gasteiger partial charge in [-0.2, -0.15) is 23.5 Å². The average Bonchev–Trinajstić information content (AvgIpc) is 2.69. The number of unbranched alkanes of at least 4 members (excludes halogenated alkanes) is 3. The lowest BCUT2D eigenvalue weighted by molar-refractivity contribution is -0.140. The Kier molecular flexibility index (Phi) is 16.9. The standard InChI is InChI=1S/C18H34N4O6S2/c1-29-11-7-13(15(23)24)21-17(27)19-9-5-3-4-6-10-20-18(28)22-14(16(25)26)8-12-30-2/h13-14H,3-12H2,1-2H3,(H,23,24)(H,25,26)(H2,19,21,27)(H2,20,22,28)/t13-,14-/m1/s1. The molecule has 0 aliphatic carbocycles. The quantitative estimate of drug-likeness (QED) is 0.176. The van der Waals surface area contributed by atoms with Gasteiger partial charge in [0.2, 0.25) is 0 Å². The van der Waals surface area contributed by atoms with Gasteiger partial charge in [-0.25, -0.2) is 19.2 Å². The fourth-order valence-electron chi connectivity index (χ4n) is 2.41. The van der Waals surface area contributed by atoms with Crippen LogP contribution in [0.1, 0.15) is 38.5 Å². The molecule has 0 saturated carbocycles. The summed E-state index contributed by atoms with van der Waals surface area (Å²) in [7, 11) is 0. The number of carboxylic acid groups (broad SMARTS) is 2. The van der Waals surface area contributed by atoms with Crippen molar-refractivity contribution in [2.75, 3.05) is 37.1 Å². The number of carbonyl (C=O) groups excluding carboxylic acids is 2. The van der Waals surface area contributed by atoms with E-state index in [2.05, 4.69) is 21.3 Å². The third kappa shape index (κ3) is 15.1. The van der Waals surface area contributed by atoms with Crippen molar-refractivity contribution in [3.05, 3.63) is 0 Å². The van der Waals surface area contributed by atoms with E-state index < -0.39 is 36.1 Å². The van der Waals surface area contributed by atoms with Crippen LogP contribution in [0.5, 0.6) is 0 Å². The third-order valence-electron chi connectivity index (χ3n) is 4.10. The molecule has 12 heteroatoms. The van der Waals surface area contributed by atoms with Crippen LogP contribution in [0.3, 0.4) is 0 Å². The molecule has 30 heavy (non-hydrogen) atoms. The zero-order chi connectivity index (χ0) is 22.8. The van der Waals surface area contributed by atoms with Gasteiger partial charge in [0.1, 0.15) is 12.1 Å². The maximum Gasteiger partial charge on any atom is 0.326 e. The Bertz CT molecular complexity index is 493. The Balaban J connectivity index is 3.79. The van der Waals surface area contributed by atoms with Gasteiger partial charge in [-0.15, -0.1) is 0 Å². The lowest BCUT2D eigenvalue weighted by Crippen LogP contribution is -2.46. The number of carbonyl (C=O) groups is 4. The number of thioether (sulfide) groups is 2. The third-order valence-corrected chi connectivity index (χ3v) is 5.39. The van der Waals surface area contributed by atoms with Crippen molar-refractivity contribution in [2.24, 2.45) is 0 Å². The van der Waals surface area contributed by atoms with Crippen molar-refractivity contribution >= 4 is 47.5 Å². The Morgan fingerprint density at radius 1 is 0.700 bits per heavy atom. The van der Waals surface area contributed by atoms with Crippen molar-refractivity contribution in [3.8, 4) is 0 Å². The summed E-state index contributed by atoms with van der Waals surface area (Å²) in [5.41, 5.74) is 0. The van der Waals surface area contributed by atoms with Crippen LogP contribution in [0.25, 0.3) is 0 Å². The van der Waals surface area contributed by atoms with Crippen LogP contribution in [-0.2, 0) is 9.59 Å². The van der Waals surface area contributed by atoms with Crippen LogP contribution in [0.4, 0.5) is 9.59 Å². The minimum Gasteiger partial charge on any atom is -0.480 e. The van der Waals surface area contributed by atoms with Crippen LogP contribution < -0.4 is 21.3 Å². The second-order valence-electron chi connectivity index (χ2n) is 6.56. The predicted octanol–water partition coefficient (Wildman–Crippen LogP) is 1.56. The van der Waals surface area contributed by atoms with Gasteiger partial charge in [-0.05, 0) is 49.7 Å². The van der Waals surface area contributed by atoms with E-state index in [4.69, 9.17) is 10.2 Å². The summed E-state index contributed by atoms with van der Waals surface area (Å²) >= 11 is 3.04. The van der Waals surface area contributed by atoms with E-state index in [1.807, 2.05) is 12.5 Å². The Hall–Kier alpha value is -1.82. The van der Waals surface area contributed by atoms with Crippen LogP contribution in [-0.4, -0.2) is 83.4 Å². The van der Waals surface area contributed by atoms with Crippen LogP contribution in [0.2, 0.25) is 0 Å². The monoisotopic (exact) mass is 466 g/mol. The van der Waals surface area contributed by atoms with Crippen molar-refractivity contribution in [3.63, 3.8) is 0 Å². The molecule has 6 N–H and O–H groups in total. The van der Waals surface area contributed by atoms with Crippen molar-refractivity contribution < 1.29 is 29.4 Å². The van der Waals surface area contributed by atoms with E-state index in [1.54, 1.807) is 0 Å². The Morgan fingerprint density at radius 2 is 1.07 bits per heavy atom. The highest BCUT2D eigenvalue weighted by Gasteiger charge is 2.19. The molecule has 0 unspecified atom stereocenters. The molecule has 10 nitrogen and oxygen atoms in total. The number of nitrogens with one attached hydrogen (secondary N) is 4. The van der Waals surface area contributed by atoms with E-state index in [9.17, 15) is 19.2 Å². The molecule has 0 saturated heterocycles. The lowest BCUT2D eigenvalue weighted by atomic mass is 10.2. The summed E-state index contributed by atoms with van der Waals surface area (Å²) in [4.78, 5) is 45.7. The number of amides is 4. The SMILES string of the molecule is CSCC[C@@H](NC(=O)NCCCCCCNC(=O)N[C@H](CCSC)C(=O)O)C(=O)O. The van der Waals surface area contributed by atoms with E-state index >= 15 is 0 Å². The topological polar surface area (TPSA) is 157 Å². The summed E-state index contributed by atoms with van der Waals surface area (Å²) < 4.78 is 0. The molecule has 0 aromatic rings. The van der Waals surface area contributed by atoms with Crippen molar-refractivity contribution in [2.45, 2.75) is 50.6 Å². The first-order chi connectivity index (χ1) is 14.3. The summed E-state index contributed by atoms with van der Waals surface area (Å²) in [6, 6.07) is -2.76. The molecular weight excluding hydrogens is 432 g/mol. The first-order valence-corrected chi connectivity index (χ1v) is 12.6. The summed E-state index contributed by atoms with van der Waals surface area (Å²) in [6.45, 7) is 0.870. The maximum atomic E-state index is 11.7. The van der Waals surface area contributed by atoms with Gasteiger partial charge in [-0.1, -0.05) is 12.8 Å². The summed E-state index contributed by atoms with van der Waals surface area (Å²) in [6.07, 6.45) is 7.63. The molecule has 0 spiro atoms. The van der Waals surface area contributed by atoms with E-state index in [1.165, 1.54) is 23.5 Å². The molecule has 4 amide bonds. The van der Waals surface area contributed by atoms with Gasteiger partial charge in [0.05, 0.1) is 0 Å².